The topological polar surface area (TPSA) is 68.3 Å². The van der Waals surface area contributed by atoms with Crippen molar-refractivity contribution in [3.8, 4) is 0 Å². The quantitative estimate of drug-likeness (QED) is 0.567. The van der Waals surface area contributed by atoms with Gasteiger partial charge in [-0.25, -0.2) is 9.78 Å². The molecule has 1 amide bonds. The van der Waals surface area contributed by atoms with Crippen LogP contribution in [0.15, 0.2) is 53.7 Å². The van der Waals surface area contributed by atoms with Crippen molar-refractivity contribution in [2.24, 2.45) is 0 Å². The van der Waals surface area contributed by atoms with Gasteiger partial charge in [-0.3, -0.25) is 4.79 Å². The molecule has 0 saturated carbocycles. The van der Waals surface area contributed by atoms with Gasteiger partial charge >= 0.3 is 5.97 Å². The fraction of sp³-hybridized carbons (Fsp3) is 0.350. The molecule has 1 atom stereocenters. The van der Waals surface area contributed by atoms with Crippen LogP contribution in [0.4, 0.5) is 0 Å². The number of hydrogen-bond acceptors (Lipinski definition) is 5. The zero-order chi connectivity index (χ0) is 19.0. The van der Waals surface area contributed by atoms with Gasteiger partial charge in [0.25, 0.3) is 5.91 Å². The van der Waals surface area contributed by atoms with E-state index in [4.69, 9.17) is 4.74 Å². The number of esters is 1. The minimum absolute atomic E-state index is 0.254. The molecule has 0 bridgehead atoms. The first-order chi connectivity index (χ1) is 12.5. The van der Waals surface area contributed by atoms with Gasteiger partial charge in [0.1, 0.15) is 5.54 Å². The third-order valence-corrected chi connectivity index (χ3v) is 4.63. The van der Waals surface area contributed by atoms with Crippen molar-refractivity contribution < 1.29 is 14.3 Å². The number of benzene rings is 1. The number of aromatic nitrogens is 1. The molecular formula is C20H24N2O3S. The number of hydrogen-bond donors (Lipinski definition) is 1. The van der Waals surface area contributed by atoms with Crippen LogP contribution in [0.5, 0.6) is 0 Å². The monoisotopic (exact) mass is 372 g/mol. The predicted octanol–water partition coefficient (Wildman–Crippen LogP) is 3.49. The predicted molar refractivity (Wildman–Crippen MR) is 103 cm³/mol. The second-order valence-corrected chi connectivity index (χ2v) is 7.27. The number of nitrogens with one attached hydrogen (secondary N) is 1. The van der Waals surface area contributed by atoms with E-state index < -0.39 is 11.5 Å². The molecule has 0 fully saturated rings. The molecule has 138 valence electrons. The maximum atomic E-state index is 12.7. The normalized spacial score (nSPS) is 12.9. The summed E-state index contributed by atoms with van der Waals surface area (Å²) in [6.45, 7) is 5.73. The van der Waals surface area contributed by atoms with Crippen LogP contribution in [-0.4, -0.2) is 34.8 Å². The Morgan fingerprint density at radius 2 is 1.88 bits per heavy atom. The summed E-state index contributed by atoms with van der Waals surface area (Å²) in [7, 11) is 0. The van der Waals surface area contributed by atoms with Crippen molar-refractivity contribution in [3.05, 3.63) is 59.8 Å². The van der Waals surface area contributed by atoms with Gasteiger partial charge in [-0.2, -0.15) is 0 Å². The van der Waals surface area contributed by atoms with Crippen molar-refractivity contribution in [3.63, 3.8) is 0 Å². The molecule has 1 N–H and O–H groups in total. The molecule has 1 aromatic carbocycles. The first kappa shape index (κ1) is 20.0. The van der Waals surface area contributed by atoms with E-state index in [-0.39, 0.29) is 12.5 Å². The molecule has 0 aliphatic heterocycles. The number of amides is 1. The van der Waals surface area contributed by atoms with Crippen LogP contribution >= 0.6 is 11.8 Å². The summed E-state index contributed by atoms with van der Waals surface area (Å²) in [5.74, 6) is 0.108. The average molecular weight is 372 g/mol. The Balaban J connectivity index is 2.19. The van der Waals surface area contributed by atoms with Crippen LogP contribution < -0.4 is 5.32 Å². The number of rotatable bonds is 8. The van der Waals surface area contributed by atoms with E-state index in [9.17, 15) is 9.59 Å². The lowest BCUT2D eigenvalue weighted by Crippen LogP contribution is -2.54. The molecule has 0 radical (unpaired) electrons. The molecular weight excluding hydrogens is 348 g/mol. The van der Waals surface area contributed by atoms with Crippen LogP contribution in [0.3, 0.4) is 0 Å². The summed E-state index contributed by atoms with van der Waals surface area (Å²) in [6, 6.07) is 13.1. The smallest absolute Gasteiger partial charge is 0.331 e. The van der Waals surface area contributed by atoms with Gasteiger partial charge in [-0.1, -0.05) is 37.3 Å². The highest BCUT2D eigenvalue weighted by molar-refractivity contribution is 7.99. The van der Waals surface area contributed by atoms with Crippen LogP contribution in [0, 0.1) is 0 Å². The second kappa shape index (κ2) is 9.38. The first-order valence-corrected chi connectivity index (χ1v) is 9.59. The molecule has 2 rings (SSSR count). The van der Waals surface area contributed by atoms with Crippen LogP contribution in [0.2, 0.25) is 0 Å². The molecule has 0 aliphatic carbocycles. The molecule has 1 aromatic heterocycles. The van der Waals surface area contributed by atoms with Crippen LogP contribution in [-0.2, 0) is 16.0 Å². The van der Waals surface area contributed by atoms with Crippen molar-refractivity contribution >= 4 is 23.6 Å². The summed E-state index contributed by atoms with van der Waals surface area (Å²) < 4.78 is 5.19. The zero-order valence-corrected chi connectivity index (χ0v) is 16.1. The van der Waals surface area contributed by atoms with E-state index in [0.717, 1.165) is 16.3 Å². The molecule has 0 saturated heterocycles. The molecule has 6 heteroatoms. The number of nitrogens with zero attached hydrogens (tertiary/aromatic N) is 1. The summed E-state index contributed by atoms with van der Waals surface area (Å²) >= 11 is 1.61. The molecule has 2 aromatic rings. The standard InChI is InChI=1S/C20H24N2O3S/c1-4-25-19(24)20(3,13-15-9-7-6-8-10-15)22-18(23)16-11-12-17(21-14-16)26-5-2/h6-12,14H,4-5,13H2,1-3H3,(H,22,23)/t20-/m1/s1. The SMILES string of the molecule is CCOC(=O)[C@@](C)(Cc1ccccc1)NC(=O)c1ccc(SCC)nc1. The second-order valence-electron chi connectivity index (χ2n) is 5.99. The van der Waals surface area contributed by atoms with Gasteiger partial charge < -0.3 is 10.1 Å². The highest BCUT2D eigenvalue weighted by atomic mass is 32.2. The van der Waals surface area contributed by atoms with E-state index in [1.165, 1.54) is 6.20 Å². The van der Waals surface area contributed by atoms with Crippen molar-refractivity contribution in [1.82, 2.24) is 10.3 Å². The van der Waals surface area contributed by atoms with Crippen molar-refractivity contribution in [1.29, 1.82) is 0 Å². The highest BCUT2D eigenvalue weighted by Crippen LogP contribution is 2.18. The number of pyridine rings is 1. The molecule has 1 heterocycles. The Kier molecular flexibility index (Phi) is 7.21. The van der Waals surface area contributed by atoms with E-state index >= 15 is 0 Å². The number of ether oxygens (including phenoxy) is 1. The van der Waals surface area contributed by atoms with E-state index in [1.54, 1.807) is 31.7 Å². The Morgan fingerprint density at radius 3 is 2.46 bits per heavy atom. The number of carbonyl (C=O) groups excluding carboxylic acids is 2. The maximum absolute atomic E-state index is 12.7. The number of thioether (sulfide) groups is 1. The Morgan fingerprint density at radius 1 is 1.15 bits per heavy atom. The fourth-order valence-corrected chi connectivity index (χ4v) is 3.12. The van der Waals surface area contributed by atoms with E-state index in [2.05, 4.69) is 10.3 Å². The van der Waals surface area contributed by atoms with E-state index in [0.29, 0.717) is 12.0 Å². The Hall–Kier alpha value is -2.34. The summed E-state index contributed by atoms with van der Waals surface area (Å²) in [5.41, 5.74) is 0.191. The zero-order valence-electron chi connectivity index (χ0n) is 15.3. The number of carbonyl (C=O) groups is 2. The van der Waals surface area contributed by atoms with Gasteiger partial charge in [-0.15, -0.1) is 11.8 Å². The largest absolute Gasteiger partial charge is 0.464 e. The Labute approximate surface area is 158 Å². The Bertz CT molecular complexity index is 734. The summed E-state index contributed by atoms with van der Waals surface area (Å²) in [5, 5.41) is 3.70. The maximum Gasteiger partial charge on any atom is 0.331 e. The van der Waals surface area contributed by atoms with E-state index in [1.807, 2.05) is 43.3 Å². The molecule has 0 aliphatic rings. The van der Waals surface area contributed by atoms with Gasteiger partial charge in [-0.05, 0) is 37.3 Å². The van der Waals surface area contributed by atoms with Gasteiger partial charge in [0.05, 0.1) is 17.2 Å². The summed E-state index contributed by atoms with van der Waals surface area (Å²) in [4.78, 5) is 29.5. The van der Waals surface area contributed by atoms with Gasteiger partial charge in [0, 0.05) is 12.6 Å². The van der Waals surface area contributed by atoms with Gasteiger partial charge in [0.2, 0.25) is 0 Å². The minimum Gasteiger partial charge on any atom is -0.464 e. The average Bonchev–Trinajstić information content (AvgIpc) is 2.63. The fourth-order valence-electron chi connectivity index (χ4n) is 2.53. The van der Waals surface area contributed by atoms with Crippen LogP contribution in [0.25, 0.3) is 0 Å². The molecule has 5 nitrogen and oxygen atoms in total. The molecule has 0 unspecified atom stereocenters. The third kappa shape index (κ3) is 5.33. The highest BCUT2D eigenvalue weighted by Gasteiger charge is 2.37. The lowest BCUT2D eigenvalue weighted by molar-refractivity contribution is -0.150. The lowest BCUT2D eigenvalue weighted by atomic mass is 9.92. The lowest BCUT2D eigenvalue weighted by Gasteiger charge is -2.28. The first-order valence-electron chi connectivity index (χ1n) is 8.61. The minimum atomic E-state index is -1.16. The van der Waals surface area contributed by atoms with Crippen molar-refractivity contribution in [2.75, 3.05) is 12.4 Å². The van der Waals surface area contributed by atoms with Gasteiger partial charge in [0.15, 0.2) is 0 Å². The summed E-state index contributed by atoms with van der Waals surface area (Å²) in [6.07, 6.45) is 1.87. The van der Waals surface area contributed by atoms with Crippen molar-refractivity contribution in [2.45, 2.75) is 37.8 Å². The van der Waals surface area contributed by atoms with Crippen LogP contribution in [0.1, 0.15) is 36.7 Å². The molecule has 0 spiro atoms. The third-order valence-electron chi connectivity index (χ3n) is 3.81. The molecule has 26 heavy (non-hydrogen) atoms.